The van der Waals surface area contributed by atoms with E-state index in [1.807, 2.05) is 18.2 Å². The van der Waals surface area contributed by atoms with Gasteiger partial charge in [-0.1, -0.05) is 54.6 Å². The first kappa shape index (κ1) is 31.1. The molecule has 3 aromatic rings. The van der Waals surface area contributed by atoms with Gasteiger partial charge in [-0.05, 0) is 61.7 Å². The fourth-order valence-corrected chi connectivity index (χ4v) is 5.80. The fraction of sp³-hybridized carbons (Fsp3) is 0.382. The number of rotatable bonds is 6. The van der Waals surface area contributed by atoms with Crippen molar-refractivity contribution in [3.63, 3.8) is 0 Å². The van der Waals surface area contributed by atoms with E-state index in [1.54, 1.807) is 62.1 Å². The van der Waals surface area contributed by atoms with Crippen LogP contribution in [0.25, 0.3) is 0 Å². The Bertz CT molecular complexity index is 1410. The number of benzene rings is 3. The molecule has 2 fully saturated rings. The molecule has 3 aromatic carbocycles. The first-order valence-corrected chi connectivity index (χ1v) is 14.9. The molecule has 44 heavy (non-hydrogen) atoms. The molecule has 2 heterocycles. The maximum absolute atomic E-state index is 13.8. The largest absolute Gasteiger partial charge is 0.444 e. The maximum Gasteiger partial charge on any atom is 0.411 e. The summed E-state index contributed by atoms with van der Waals surface area (Å²) in [6, 6.07) is 20.5. The van der Waals surface area contributed by atoms with Crippen LogP contribution >= 0.6 is 0 Å². The van der Waals surface area contributed by atoms with Gasteiger partial charge in [0, 0.05) is 39.3 Å². The quantitative estimate of drug-likeness (QED) is 0.395. The van der Waals surface area contributed by atoms with E-state index in [2.05, 4.69) is 4.90 Å². The predicted octanol–water partition coefficient (Wildman–Crippen LogP) is 5.02. The summed E-state index contributed by atoms with van der Waals surface area (Å²) in [6.07, 6.45) is -0.571. The predicted molar refractivity (Wildman–Crippen MR) is 161 cm³/mol. The van der Waals surface area contributed by atoms with Crippen LogP contribution in [-0.4, -0.2) is 88.9 Å². The summed E-state index contributed by atoms with van der Waals surface area (Å²) in [4.78, 5) is 47.2. The van der Waals surface area contributed by atoms with Gasteiger partial charge in [0.1, 0.15) is 23.3 Å². The van der Waals surface area contributed by atoms with Gasteiger partial charge in [-0.15, -0.1) is 0 Å². The molecule has 232 valence electrons. The van der Waals surface area contributed by atoms with Crippen LogP contribution in [0.5, 0.6) is 0 Å². The molecule has 0 aliphatic carbocycles. The normalized spacial score (nSPS) is 18.1. The fourth-order valence-electron chi connectivity index (χ4n) is 5.80. The Morgan fingerprint density at radius 3 is 1.86 bits per heavy atom. The zero-order chi connectivity index (χ0) is 31.4. The highest BCUT2D eigenvalue weighted by Crippen LogP contribution is 2.31. The molecule has 2 aliphatic heterocycles. The lowest BCUT2D eigenvalue weighted by atomic mass is 9.96. The third-order valence-electron chi connectivity index (χ3n) is 7.94. The lowest BCUT2D eigenvalue weighted by molar-refractivity contribution is -0.148. The van der Waals surface area contributed by atoms with Crippen LogP contribution in [0.1, 0.15) is 49.5 Å². The second-order valence-electron chi connectivity index (χ2n) is 12.2. The second kappa shape index (κ2) is 13.1. The van der Waals surface area contributed by atoms with Gasteiger partial charge in [0.15, 0.2) is 0 Å². The number of nitrogens with zero attached hydrogens (tertiary/aromatic N) is 4. The van der Waals surface area contributed by atoms with Crippen molar-refractivity contribution in [3.05, 3.63) is 107 Å². The molecular formula is C34H38F2N4O4. The van der Waals surface area contributed by atoms with Crippen molar-refractivity contribution in [1.82, 2.24) is 19.6 Å². The lowest BCUT2D eigenvalue weighted by Crippen LogP contribution is -2.58. The van der Waals surface area contributed by atoms with Gasteiger partial charge in [0.2, 0.25) is 5.91 Å². The van der Waals surface area contributed by atoms with E-state index < -0.39 is 17.7 Å². The van der Waals surface area contributed by atoms with E-state index in [0.29, 0.717) is 31.7 Å². The van der Waals surface area contributed by atoms with Crippen LogP contribution in [-0.2, 0) is 14.3 Å². The molecule has 0 bridgehead atoms. The van der Waals surface area contributed by atoms with Crippen LogP contribution in [0.15, 0.2) is 78.9 Å². The topological polar surface area (TPSA) is 73.4 Å². The number of ether oxygens (including phenoxy) is 1. The number of hydrogen-bond acceptors (Lipinski definition) is 5. The van der Waals surface area contributed by atoms with Gasteiger partial charge in [-0.25, -0.2) is 13.6 Å². The average Bonchev–Trinajstić information content (AvgIpc) is 3.00. The van der Waals surface area contributed by atoms with E-state index in [0.717, 1.165) is 11.1 Å². The molecule has 0 aromatic heterocycles. The van der Waals surface area contributed by atoms with E-state index in [9.17, 15) is 23.2 Å². The molecule has 3 amide bonds. The van der Waals surface area contributed by atoms with Crippen molar-refractivity contribution >= 4 is 17.9 Å². The molecule has 2 aliphatic rings. The zero-order valence-electron chi connectivity index (χ0n) is 25.3. The third-order valence-corrected chi connectivity index (χ3v) is 7.94. The average molecular weight is 605 g/mol. The van der Waals surface area contributed by atoms with Gasteiger partial charge in [0.25, 0.3) is 5.91 Å². The summed E-state index contributed by atoms with van der Waals surface area (Å²) in [5.74, 6) is -1.17. The molecule has 8 nitrogen and oxygen atoms in total. The van der Waals surface area contributed by atoms with Gasteiger partial charge >= 0.3 is 6.09 Å². The van der Waals surface area contributed by atoms with Crippen LogP contribution < -0.4 is 0 Å². The Morgan fingerprint density at radius 1 is 0.795 bits per heavy atom. The minimum atomic E-state index is -0.892. The molecule has 0 saturated carbocycles. The smallest absolute Gasteiger partial charge is 0.411 e. The van der Waals surface area contributed by atoms with Crippen molar-refractivity contribution in [3.8, 4) is 0 Å². The van der Waals surface area contributed by atoms with Crippen molar-refractivity contribution in [1.29, 1.82) is 0 Å². The molecule has 0 spiro atoms. The van der Waals surface area contributed by atoms with Crippen molar-refractivity contribution < 1.29 is 27.9 Å². The van der Waals surface area contributed by atoms with E-state index >= 15 is 0 Å². The van der Waals surface area contributed by atoms with E-state index in [-0.39, 0.29) is 49.1 Å². The van der Waals surface area contributed by atoms with Gasteiger partial charge in [-0.2, -0.15) is 0 Å². The molecule has 1 atom stereocenters. The monoisotopic (exact) mass is 604 g/mol. The first-order valence-electron chi connectivity index (χ1n) is 14.9. The highest BCUT2D eigenvalue weighted by atomic mass is 19.1. The van der Waals surface area contributed by atoms with Gasteiger partial charge in [0.05, 0.1) is 12.6 Å². The molecule has 5 rings (SSSR count). The Morgan fingerprint density at radius 2 is 1.34 bits per heavy atom. The molecule has 0 radical (unpaired) electrons. The maximum atomic E-state index is 13.8. The van der Waals surface area contributed by atoms with E-state index in [1.165, 1.54) is 34.1 Å². The number of halogens is 2. The standard InChI is InChI=1S/C34H38F2N4O4/c1-34(2,3)44-33(43)40-22-21-39(32(42)31(40)24-7-5-4-6-8-24)23-29(41)37-17-19-38(20-18-37)30(25-9-13-27(35)14-10-25)26-11-15-28(36)16-12-26/h4-16,30-31H,17-23H2,1-3H3. The number of carbonyl (C=O) groups is 3. The van der Waals surface area contributed by atoms with Crippen molar-refractivity contribution in [2.45, 2.75) is 38.5 Å². The minimum Gasteiger partial charge on any atom is -0.444 e. The summed E-state index contributed by atoms with van der Waals surface area (Å²) >= 11 is 0. The van der Waals surface area contributed by atoms with Crippen LogP contribution in [0.2, 0.25) is 0 Å². The summed E-state index contributed by atoms with van der Waals surface area (Å²) in [6.45, 7) is 7.64. The summed E-state index contributed by atoms with van der Waals surface area (Å²) in [5.41, 5.74) is 1.68. The molecule has 2 saturated heterocycles. The highest BCUT2D eigenvalue weighted by Gasteiger charge is 2.41. The number of piperazine rings is 2. The molecule has 10 heteroatoms. The van der Waals surface area contributed by atoms with Gasteiger partial charge < -0.3 is 14.5 Å². The summed E-state index contributed by atoms with van der Waals surface area (Å²) in [7, 11) is 0. The summed E-state index contributed by atoms with van der Waals surface area (Å²) in [5, 5.41) is 0. The van der Waals surface area contributed by atoms with E-state index in [4.69, 9.17) is 4.74 Å². The van der Waals surface area contributed by atoms with Crippen LogP contribution in [0.4, 0.5) is 13.6 Å². The zero-order valence-corrected chi connectivity index (χ0v) is 25.3. The number of amides is 3. The molecular weight excluding hydrogens is 566 g/mol. The third kappa shape index (κ3) is 7.24. The molecule has 1 unspecified atom stereocenters. The second-order valence-corrected chi connectivity index (χ2v) is 12.2. The van der Waals surface area contributed by atoms with Crippen molar-refractivity contribution in [2.75, 3.05) is 45.8 Å². The Hall–Kier alpha value is -4.31. The van der Waals surface area contributed by atoms with Crippen molar-refractivity contribution in [2.24, 2.45) is 0 Å². The Labute approximate surface area is 256 Å². The first-order chi connectivity index (χ1) is 21.0. The Balaban J connectivity index is 1.26. The van der Waals surface area contributed by atoms with Crippen LogP contribution in [0, 0.1) is 11.6 Å². The summed E-state index contributed by atoms with van der Waals surface area (Å²) < 4.78 is 33.0. The van der Waals surface area contributed by atoms with Gasteiger partial charge in [-0.3, -0.25) is 19.4 Å². The number of carbonyl (C=O) groups excluding carboxylic acids is 3. The lowest BCUT2D eigenvalue weighted by Gasteiger charge is -2.42. The Kier molecular flexibility index (Phi) is 9.29. The minimum absolute atomic E-state index is 0.0936. The SMILES string of the molecule is CC(C)(C)OC(=O)N1CCN(CC(=O)N2CCN(C(c3ccc(F)cc3)c3ccc(F)cc3)CC2)C(=O)C1c1ccccc1. The van der Waals surface area contributed by atoms with Crippen LogP contribution in [0.3, 0.4) is 0 Å². The highest BCUT2D eigenvalue weighted by molar-refractivity contribution is 5.91. The number of hydrogen-bond donors (Lipinski definition) is 0. The molecule has 0 N–H and O–H groups in total.